The van der Waals surface area contributed by atoms with E-state index >= 15 is 0 Å². The van der Waals surface area contributed by atoms with Gasteiger partial charge in [-0.15, -0.1) is 0 Å². The number of rotatable bonds is 3. The molecule has 3 rings (SSSR count). The van der Waals surface area contributed by atoms with Crippen molar-refractivity contribution in [1.82, 2.24) is 5.32 Å². The van der Waals surface area contributed by atoms with Crippen LogP contribution in [0.3, 0.4) is 0 Å². The van der Waals surface area contributed by atoms with E-state index in [-0.39, 0.29) is 12.1 Å². The molecule has 1 unspecified atom stereocenters. The lowest BCUT2D eigenvalue weighted by atomic mass is 10.1. The van der Waals surface area contributed by atoms with Crippen molar-refractivity contribution in [2.75, 3.05) is 6.61 Å². The maximum atomic E-state index is 11.0. The summed E-state index contributed by atoms with van der Waals surface area (Å²) >= 11 is 0. The molecule has 1 saturated heterocycles. The van der Waals surface area contributed by atoms with Gasteiger partial charge in [0.15, 0.2) is 0 Å². The lowest BCUT2D eigenvalue weighted by molar-refractivity contribution is 0.177. The Kier molecular flexibility index (Phi) is 3.06. The number of hydrogen-bond acceptors (Lipinski definition) is 3. The molecule has 1 N–H and O–H groups in total. The Hall–Kier alpha value is -2.49. The number of carbonyl (C=O) groups excluding carboxylic acids is 1. The molecule has 0 spiro atoms. The topological polar surface area (TPSA) is 47.6 Å². The van der Waals surface area contributed by atoms with Crippen LogP contribution in [0.4, 0.5) is 4.79 Å². The third-order valence-electron chi connectivity index (χ3n) is 2.91. The summed E-state index contributed by atoms with van der Waals surface area (Å²) in [6.07, 6.45) is -0.376. The molecule has 0 aliphatic carbocycles. The van der Waals surface area contributed by atoms with Gasteiger partial charge in [-0.2, -0.15) is 0 Å². The number of nitrogens with one attached hydrogen (secondary N) is 1. The molecule has 19 heavy (non-hydrogen) atoms. The van der Waals surface area contributed by atoms with E-state index in [9.17, 15) is 4.79 Å². The molecular formula is C15H13NO3. The Morgan fingerprint density at radius 3 is 2.58 bits per heavy atom. The van der Waals surface area contributed by atoms with E-state index in [1.54, 1.807) is 0 Å². The van der Waals surface area contributed by atoms with Crippen molar-refractivity contribution >= 4 is 6.09 Å². The molecule has 4 nitrogen and oxygen atoms in total. The van der Waals surface area contributed by atoms with Crippen molar-refractivity contribution in [3.05, 3.63) is 60.2 Å². The Labute approximate surface area is 111 Å². The lowest BCUT2D eigenvalue weighted by Crippen LogP contribution is -2.18. The average Bonchev–Trinajstić information content (AvgIpc) is 2.87. The molecule has 0 bridgehead atoms. The fourth-order valence-electron chi connectivity index (χ4n) is 1.98. The van der Waals surface area contributed by atoms with Gasteiger partial charge >= 0.3 is 6.09 Å². The predicted molar refractivity (Wildman–Crippen MR) is 70.2 cm³/mol. The van der Waals surface area contributed by atoms with Crippen LogP contribution in [-0.4, -0.2) is 12.7 Å². The largest absolute Gasteiger partial charge is 0.457 e. The van der Waals surface area contributed by atoms with Crippen molar-refractivity contribution in [1.29, 1.82) is 0 Å². The van der Waals surface area contributed by atoms with Crippen LogP contribution in [0, 0.1) is 0 Å². The fourth-order valence-corrected chi connectivity index (χ4v) is 1.98. The first kappa shape index (κ1) is 11.6. The first-order valence-electron chi connectivity index (χ1n) is 6.07. The Morgan fingerprint density at radius 2 is 1.84 bits per heavy atom. The highest BCUT2D eigenvalue weighted by molar-refractivity contribution is 5.70. The van der Waals surface area contributed by atoms with E-state index in [0.29, 0.717) is 6.61 Å². The van der Waals surface area contributed by atoms with Gasteiger partial charge in [0, 0.05) is 0 Å². The summed E-state index contributed by atoms with van der Waals surface area (Å²) in [4.78, 5) is 11.0. The van der Waals surface area contributed by atoms with Gasteiger partial charge in [-0.05, 0) is 29.8 Å². The maximum absolute atomic E-state index is 11.0. The average molecular weight is 255 g/mol. The molecule has 1 heterocycles. The van der Waals surface area contributed by atoms with Gasteiger partial charge in [-0.1, -0.05) is 30.3 Å². The third kappa shape index (κ3) is 2.68. The van der Waals surface area contributed by atoms with Crippen molar-refractivity contribution in [2.24, 2.45) is 0 Å². The smallest absolute Gasteiger partial charge is 0.407 e. The number of amides is 1. The van der Waals surface area contributed by atoms with E-state index in [2.05, 4.69) is 5.32 Å². The molecule has 1 aliphatic heterocycles. The summed E-state index contributed by atoms with van der Waals surface area (Å²) in [6, 6.07) is 17.1. The van der Waals surface area contributed by atoms with Crippen molar-refractivity contribution in [2.45, 2.75) is 6.04 Å². The second-order valence-electron chi connectivity index (χ2n) is 4.28. The lowest BCUT2D eigenvalue weighted by Gasteiger charge is -2.10. The molecule has 1 atom stereocenters. The first-order valence-corrected chi connectivity index (χ1v) is 6.07. The van der Waals surface area contributed by atoms with Gasteiger partial charge in [0.25, 0.3) is 0 Å². The van der Waals surface area contributed by atoms with Crippen LogP contribution in [0.2, 0.25) is 0 Å². The molecule has 0 radical (unpaired) electrons. The Morgan fingerprint density at radius 1 is 1.05 bits per heavy atom. The zero-order valence-corrected chi connectivity index (χ0v) is 10.2. The quantitative estimate of drug-likeness (QED) is 0.915. The van der Waals surface area contributed by atoms with E-state index in [1.807, 2.05) is 54.6 Å². The van der Waals surface area contributed by atoms with Gasteiger partial charge in [-0.3, -0.25) is 0 Å². The minimum absolute atomic E-state index is 0.105. The van der Waals surface area contributed by atoms with Crippen LogP contribution in [0.25, 0.3) is 0 Å². The number of para-hydroxylation sites is 1. The summed E-state index contributed by atoms with van der Waals surface area (Å²) < 4.78 is 10.6. The van der Waals surface area contributed by atoms with Gasteiger partial charge in [0.05, 0.1) is 6.04 Å². The summed E-state index contributed by atoms with van der Waals surface area (Å²) in [5, 5.41) is 2.74. The van der Waals surface area contributed by atoms with Crippen molar-refractivity contribution < 1.29 is 14.3 Å². The maximum Gasteiger partial charge on any atom is 0.407 e. The first-order chi connectivity index (χ1) is 9.31. The highest BCUT2D eigenvalue weighted by Gasteiger charge is 2.23. The summed E-state index contributed by atoms with van der Waals surface area (Å²) in [7, 11) is 0. The van der Waals surface area contributed by atoms with Crippen LogP contribution in [0.1, 0.15) is 11.6 Å². The zero-order valence-electron chi connectivity index (χ0n) is 10.2. The van der Waals surface area contributed by atoms with Gasteiger partial charge in [0.2, 0.25) is 0 Å². The van der Waals surface area contributed by atoms with E-state index in [4.69, 9.17) is 9.47 Å². The highest BCUT2D eigenvalue weighted by Crippen LogP contribution is 2.25. The molecule has 1 fully saturated rings. The Bertz CT molecular complexity index is 583. The van der Waals surface area contributed by atoms with Crippen molar-refractivity contribution in [3.63, 3.8) is 0 Å². The van der Waals surface area contributed by atoms with Crippen molar-refractivity contribution in [3.8, 4) is 11.5 Å². The monoisotopic (exact) mass is 255 g/mol. The second-order valence-corrected chi connectivity index (χ2v) is 4.28. The molecule has 4 heteroatoms. The minimum atomic E-state index is -0.376. The number of hydrogen-bond donors (Lipinski definition) is 1. The zero-order chi connectivity index (χ0) is 13.1. The molecule has 1 amide bonds. The van der Waals surface area contributed by atoms with Gasteiger partial charge in [-0.25, -0.2) is 4.79 Å². The number of alkyl carbamates (subject to hydrolysis) is 1. The molecule has 2 aromatic rings. The van der Waals surface area contributed by atoms with E-state index < -0.39 is 0 Å². The highest BCUT2D eigenvalue weighted by atomic mass is 16.6. The van der Waals surface area contributed by atoms with Crippen LogP contribution in [0.5, 0.6) is 11.5 Å². The van der Waals surface area contributed by atoms with Crippen LogP contribution < -0.4 is 10.1 Å². The standard InChI is InChI=1S/C15H13NO3/c17-15-16-14(10-18-15)11-5-4-8-13(9-11)19-12-6-2-1-3-7-12/h1-9,14H,10H2,(H,16,17). The van der Waals surface area contributed by atoms with Gasteiger partial charge in [0.1, 0.15) is 18.1 Å². The minimum Gasteiger partial charge on any atom is -0.457 e. The van der Waals surface area contributed by atoms with E-state index in [1.165, 1.54) is 0 Å². The predicted octanol–water partition coefficient (Wildman–Crippen LogP) is 3.26. The Balaban J connectivity index is 1.78. The summed E-state index contributed by atoms with van der Waals surface area (Å²) in [6.45, 7) is 0.355. The second kappa shape index (κ2) is 5.02. The van der Waals surface area contributed by atoms with Crippen LogP contribution in [0.15, 0.2) is 54.6 Å². The fraction of sp³-hybridized carbons (Fsp3) is 0.133. The third-order valence-corrected chi connectivity index (χ3v) is 2.91. The van der Waals surface area contributed by atoms with Crippen LogP contribution >= 0.6 is 0 Å². The number of carbonyl (C=O) groups is 1. The van der Waals surface area contributed by atoms with Gasteiger partial charge < -0.3 is 14.8 Å². The molecule has 1 aliphatic rings. The number of benzene rings is 2. The molecule has 2 aromatic carbocycles. The molecule has 0 aromatic heterocycles. The van der Waals surface area contributed by atoms with Crippen LogP contribution in [-0.2, 0) is 4.74 Å². The molecule has 96 valence electrons. The summed E-state index contributed by atoms with van der Waals surface area (Å²) in [5.74, 6) is 1.52. The SMILES string of the molecule is O=C1NC(c2cccc(Oc3ccccc3)c2)CO1. The number of ether oxygens (including phenoxy) is 2. The number of cyclic esters (lactones) is 1. The van der Waals surface area contributed by atoms with E-state index in [0.717, 1.165) is 17.1 Å². The normalized spacial score (nSPS) is 17.7. The molecule has 0 saturated carbocycles. The summed E-state index contributed by atoms with van der Waals surface area (Å²) in [5.41, 5.74) is 0.972. The molecular weight excluding hydrogens is 242 g/mol.